The smallest absolute Gasteiger partial charge is 0.315 e. The minimum atomic E-state index is -0.283. The van der Waals surface area contributed by atoms with Gasteiger partial charge in [-0.15, -0.1) is 0 Å². The summed E-state index contributed by atoms with van der Waals surface area (Å²) in [4.78, 5) is 15.7. The van der Waals surface area contributed by atoms with Gasteiger partial charge in [-0.05, 0) is 25.5 Å². The molecule has 0 spiro atoms. The third-order valence-electron chi connectivity index (χ3n) is 2.42. The summed E-state index contributed by atoms with van der Waals surface area (Å²) in [5.41, 5.74) is 1.74. The van der Waals surface area contributed by atoms with Gasteiger partial charge in [-0.25, -0.2) is 4.79 Å². The maximum Gasteiger partial charge on any atom is 0.315 e. The first-order valence-corrected chi connectivity index (χ1v) is 5.73. The van der Waals surface area contributed by atoms with E-state index in [0.29, 0.717) is 13.0 Å². The Morgan fingerprint density at radius 1 is 1.53 bits per heavy atom. The fraction of sp³-hybridized carbons (Fsp3) is 0.500. The predicted octanol–water partition coefficient (Wildman–Crippen LogP) is 0.960. The summed E-state index contributed by atoms with van der Waals surface area (Å²) < 4.78 is 0. The summed E-state index contributed by atoms with van der Waals surface area (Å²) in [5, 5.41) is 14.3. The molecule has 5 nitrogen and oxygen atoms in total. The third-order valence-corrected chi connectivity index (χ3v) is 2.42. The van der Waals surface area contributed by atoms with Crippen LogP contribution in [0.15, 0.2) is 18.2 Å². The molecule has 1 atom stereocenters. The van der Waals surface area contributed by atoms with Crippen molar-refractivity contribution in [2.24, 2.45) is 0 Å². The first-order chi connectivity index (χ1) is 8.15. The molecule has 0 radical (unpaired) electrons. The van der Waals surface area contributed by atoms with Gasteiger partial charge >= 0.3 is 6.03 Å². The lowest BCUT2D eigenvalue weighted by atomic mass is 10.2. The van der Waals surface area contributed by atoms with E-state index in [2.05, 4.69) is 15.6 Å². The topological polar surface area (TPSA) is 74.2 Å². The second kappa shape index (κ2) is 6.85. The standard InChI is InChI=1S/C12H19N3O2/c1-3-10(8-16)15-12(17)13-7-11-6-4-5-9(2)14-11/h4-6,10,16H,3,7-8H2,1-2H3,(H2,13,15,17). The number of nitrogens with zero attached hydrogens (tertiary/aromatic N) is 1. The van der Waals surface area contributed by atoms with Gasteiger partial charge in [-0.2, -0.15) is 0 Å². The molecule has 0 aliphatic rings. The van der Waals surface area contributed by atoms with Crippen molar-refractivity contribution in [2.45, 2.75) is 32.9 Å². The Balaban J connectivity index is 2.38. The van der Waals surface area contributed by atoms with Crippen LogP contribution in [0.4, 0.5) is 4.79 Å². The predicted molar refractivity (Wildman–Crippen MR) is 65.5 cm³/mol. The van der Waals surface area contributed by atoms with Crippen LogP contribution >= 0.6 is 0 Å². The van der Waals surface area contributed by atoms with E-state index >= 15 is 0 Å². The van der Waals surface area contributed by atoms with Crippen LogP contribution in [0.25, 0.3) is 0 Å². The molecule has 0 fully saturated rings. The number of hydrogen-bond acceptors (Lipinski definition) is 3. The molecule has 0 aromatic carbocycles. The fourth-order valence-electron chi connectivity index (χ4n) is 1.38. The van der Waals surface area contributed by atoms with Gasteiger partial charge in [0.1, 0.15) is 0 Å². The number of amides is 2. The van der Waals surface area contributed by atoms with E-state index in [9.17, 15) is 4.79 Å². The lowest BCUT2D eigenvalue weighted by Crippen LogP contribution is -2.43. The number of urea groups is 1. The van der Waals surface area contributed by atoms with Crippen molar-refractivity contribution in [2.75, 3.05) is 6.61 Å². The van der Waals surface area contributed by atoms with E-state index in [1.807, 2.05) is 32.0 Å². The van der Waals surface area contributed by atoms with Crippen molar-refractivity contribution in [3.8, 4) is 0 Å². The molecule has 3 N–H and O–H groups in total. The molecule has 0 saturated carbocycles. The maximum atomic E-state index is 11.5. The van der Waals surface area contributed by atoms with Crippen LogP contribution in [0.5, 0.6) is 0 Å². The van der Waals surface area contributed by atoms with Gasteiger partial charge in [0.15, 0.2) is 0 Å². The molecule has 1 heterocycles. The average Bonchev–Trinajstić information content (AvgIpc) is 2.33. The zero-order valence-electron chi connectivity index (χ0n) is 10.2. The molecule has 5 heteroatoms. The van der Waals surface area contributed by atoms with Crippen LogP contribution in [0.1, 0.15) is 24.7 Å². The summed E-state index contributed by atoms with van der Waals surface area (Å²) >= 11 is 0. The fourth-order valence-corrected chi connectivity index (χ4v) is 1.38. The zero-order chi connectivity index (χ0) is 12.7. The summed E-state index contributed by atoms with van der Waals surface area (Å²) in [6.07, 6.45) is 0.701. The monoisotopic (exact) mass is 237 g/mol. The molecule has 0 aliphatic carbocycles. The SMILES string of the molecule is CCC(CO)NC(=O)NCc1cccc(C)n1. The Morgan fingerprint density at radius 3 is 2.88 bits per heavy atom. The minimum absolute atomic E-state index is 0.0490. The van der Waals surface area contributed by atoms with Crippen LogP contribution in [-0.2, 0) is 6.54 Å². The molecule has 17 heavy (non-hydrogen) atoms. The molecule has 94 valence electrons. The highest BCUT2D eigenvalue weighted by Crippen LogP contribution is 1.97. The lowest BCUT2D eigenvalue weighted by Gasteiger charge is -2.14. The van der Waals surface area contributed by atoms with E-state index in [-0.39, 0.29) is 18.7 Å². The van der Waals surface area contributed by atoms with Crippen LogP contribution in [0.2, 0.25) is 0 Å². The largest absolute Gasteiger partial charge is 0.394 e. The molecular formula is C12H19N3O2. The summed E-state index contributed by atoms with van der Waals surface area (Å²) in [5.74, 6) is 0. The Bertz CT molecular complexity index is 365. The Hall–Kier alpha value is -1.62. The van der Waals surface area contributed by atoms with Gasteiger partial charge in [-0.3, -0.25) is 4.98 Å². The Kier molecular flexibility index (Phi) is 5.42. The van der Waals surface area contributed by atoms with Gasteiger partial charge in [0.25, 0.3) is 0 Å². The number of aliphatic hydroxyl groups is 1. The number of carbonyl (C=O) groups excluding carboxylic acids is 1. The number of pyridine rings is 1. The number of aromatic nitrogens is 1. The highest BCUT2D eigenvalue weighted by molar-refractivity contribution is 5.74. The Labute approximate surface area is 101 Å². The first-order valence-electron chi connectivity index (χ1n) is 5.73. The van der Waals surface area contributed by atoms with Crippen molar-refractivity contribution >= 4 is 6.03 Å². The van der Waals surface area contributed by atoms with E-state index in [1.54, 1.807) is 0 Å². The maximum absolute atomic E-state index is 11.5. The van der Waals surface area contributed by atoms with Crippen LogP contribution in [0.3, 0.4) is 0 Å². The third kappa shape index (κ3) is 4.82. The van der Waals surface area contributed by atoms with E-state index in [4.69, 9.17) is 5.11 Å². The van der Waals surface area contributed by atoms with E-state index in [0.717, 1.165) is 11.4 Å². The highest BCUT2D eigenvalue weighted by Gasteiger charge is 2.08. The van der Waals surface area contributed by atoms with Crippen molar-refractivity contribution in [1.29, 1.82) is 0 Å². The molecule has 0 aliphatic heterocycles. The average molecular weight is 237 g/mol. The molecule has 1 aromatic heterocycles. The van der Waals surface area contributed by atoms with Crippen molar-refractivity contribution in [3.63, 3.8) is 0 Å². The molecule has 2 amide bonds. The zero-order valence-corrected chi connectivity index (χ0v) is 10.2. The number of nitrogens with one attached hydrogen (secondary N) is 2. The minimum Gasteiger partial charge on any atom is -0.394 e. The number of hydrogen-bond donors (Lipinski definition) is 3. The molecule has 1 aromatic rings. The number of rotatable bonds is 5. The molecule has 0 saturated heterocycles. The molecular weight excluding hydrogens is 218 g/mol. The molecule has 0 bridgehead atoms. The van der Waals surface area contributed by atoms with E-state index < -0.39 is 0 Å². The number of carbonyl (C=O) groups is 1. The molecule has 1 rings (SSSR count). The van der Waals surface area contributed by atoms with Gasteiger partial charge in [0, 0.05) is 5.69 Å². The second-order valence-corrected chi connectivity index (χ2v) is 3.89. The quantitative estimate of drug-likeness (QED) is 0.714. The number of aliphatic hydroxyl groups excluding tert-OH is 1. The van der Waals surface area contributed by atoms with E-state index in [1.165, 1.54) is 0 Å². The van der Waals surface area contributed by atoms with Gasteiger partial charge in [0.05, 0.1) is 24.9 Å². The van der Waals surface area contributed by atoms with Gasteiger partial charge in [0.2, 0.25) is 0 Å². The van der Waals surface area contributed by atoms with Crippen molar-refractivity contribution < 1.29 is 9.90 Å². The van der Waals surface area contributed by atoms with Crippen molar-refractivity contribution in [1.82, 2.24) is 15.6 Å². The summed E-state index contributed by atoms with van der Waals surface area (Å²) in [6, 6.07) is 5.19. The highest BCUT2D eigenvalue weighted by atomic mass is 16.3. The summed E-state index contributed by atoms with van der Waals surface area (Å²) in [7, 11) is 0. The first kappa shape index (κ1) is 13.4. The van der Waals surface area contributed by atoms with Crippen LogP contribution in [-0.4, -0.2) is 28.8 Å². The van der Waals surface area contributed by atoms with Gasteiger partial charge in [-0.1, -0.05) is 13.0 Å². The van der Waals surface area contributed by atoms with Crippen LogP contribution in [0, 0.1) is 6.92 Å². The normalized spacial score (nSPS) is 11.9. The Morgan fingerprint density at radius 2 is 2.29 bits per heavy atom. The lowest BCUT2D eigenvalue weighted by molar-refractivity contribution is 0.214. The summed E-state index contributed by atoms with van der Waals surface area (Å²) in [6.45, 7) is 4.15. The van der Waals surface area contributed by atoms with Crippen molar-refractivity contribution in [3.05, 3.63) is 29.6 Å². The second-order valence-electron chi connectivity index (χ2n) is 3.89. The van der Waals surface area contributed by atoms with Crippen LogP contribution < -0.4 is 10.6 Å². The molecule has 1 unspecified atom stereocenters. The van der Waals surface area contributed by atoms with Gasteiger partial charge < -0.3 is 15.7 Å². The number of aryl methyl sites for hydroxylation is 1.